The predicted octanol–water partition coefficient (Wildman–Crippen LogP) is -0.582. The minimum absolute atomic E-state index is 0.112. The van der Waals surface area contributed by atoms with Crippen LogP contribution in [0.1, 0.15) is 16.9 Å². The number of aromatic nitrogens is 1. The van der Waals surface area contributed by atoms with Gasteiger partial charge in [0.2, 0.25) is 5.91 Å². The van der Waals surface area contributed by atoms with Gasteiger partial charge in [-0.15, -0.1) is 0 Å². The third-order valence-corrected chi connectivity index (χ3v) is 2.29. The van der Waals surface area contributed by atoms with Crippen LogP contribution in [0.4, 0.5) is 0 Å². The average molecular weight is 283 g/mol. The van der Waals surface area contributed by atoms with Gasteiger partial charge in [0.25, 0.3) is 5.91 Å². The van der Waals surface area contributed by atoms with E-state index < -0.39 is 17.6 Å². The van der Waals surface area contributed by atoms with Gasteiger partial charge < -0.3 is 20.3 Å². The Labute approximate surface area is 115 Å². The number of methoxy groups -OCH3 is 1. The summed E-state index contributed by atoms with van der Waals surface area (Å²) in [5, 5.41) is 11.9. The van der Waals surface area contributed by atoms with E-state index in [4.69, 9.17) is 15.2 Å². The van der Waals surface area contributed by atoms with Crippen LogP contribution in [-0.2, 0) is 9.53 Å². The normalized spacial score (nSPS) is 10.1. The topological polar surface area (TPSA) is 124 Å². The van der Waals surface area contributed by atoms with Crippen molar-refractivity contribution < 1.29 is 24.2 Å². The van der Waals surface area contributed by atoms with Crippen LogP contribution in [0.15, 0.2) is 12.3 Å². The van der Waals surface area contributed by atoms with Crippen molar-refractivity contribution in [3.8, 4) is 11.5 Å². The fourth-order valence-corrected chi connectivity index (χ4v) is 1.34. The van der Waals surface area contributed by atoms with Crippen LogP contribution < -0.4 is 15.8 Å². The van der Waals surface area contributed by atoms with Crippen molar-refractivity contribution >= 4 is 11.8 Å². The lowest BCUT2D eigenvalue weighted by molar-refractivity contribution is -0.118. The minimum Gasteiger partial charge on any atom is -0.503 e. The summed E-state index contributed by atoms with van der Waals surface area (Å²) < 4.78 is 10.2. The van der Waals surface area contributed by atoms with Crippen molar-refractivity contribution in [3.05, 3.63) is 18.0 Å². The van der Waals surface area contributed by atoms with Gasteiger partial charge in [-0.05, 0) is 0 Å². The highest BCUT2D eigenvalue weighted by Gasteiger charge is 2.18. The highest BCUT2D eigenvalue weighted by atomic mass is 16.5. The van der Waals surface area contributed by atoms with Crippen molar-refractivity contribution in [3.63, 3.8) is 0 Å². The number of amides is 2. The molecule has 4 N–H and O–H groups in total. The second-order valence-corrected chi connectivity index (χ2v) is 3.78. The maximum absolute atomic E-state index is 11.7. The third kappa shape index (κ3) is 4.48. The monoisotopic (exact) mass is 283 g/mol. The van der Waals surface area contributed by atoms with E-state index in [1.165, 1.54) is 12.3 Å². The first-order valence-electron chi connectivity index (χ1n) is 5.94. The van der Waals surface area contributed by atoms with Gasteiger partial charge in [-0.25, -0.2) is 4.98 Å². The Balaban J connectivity index is 2.73. The molecular formula is C12H17N3O5. The van der Waals surface area contributed by atoms with E-state index in [1.807, 2.05) is 5.32 Å². The molecule has 8 nitrogen and oxygen atoms in total. The number of carbonyl (C=O) groups is 2. The van der Waals surface area contributed by atoms with Crippen molar-refractivity contribution in [1.29, 1.82) is 0 Å². The largest absolute Gasteiger partial charge is 0.503 e. The van der Waals surface area contributed by atoms with Gasteiger partial charge in [-0.2, -0.15) is 0 Å². The van der Waals surface area contributed by atoms with Gasteiger partial charge in [0.15, 0.2) is 17.2 Å². The van der Waals surface area contributed by atoms with Crippen LogP contribution in [0.25, 0.3) is 0 Å². The van der Waals surface area contributed by atoms with E-state index in [-0.39, 0.29) is 18.0 Å². The van der Waals surface area contributed by atoms with Gasteiger partial charge >= 0.3 is 0 Å². The Morgan fingerprint density at radius 2 is 2.20 bits per heavy atom. The molecule has 20 heavy (non-hydrogen) atoms. The van der Waals surface area contributed by atoms with Gasteiger partial charge in [-0.1, -0.05) is 0 Å². The molecule has 1 aromatic heterocycles. The Kier molecular flexibility index (Phi) is 6.41. The molecule has 8 heteroatoms. The van der Waals surface area contributed by atoms with Crippen LogP contribution in [0, 0.1) is 0 Å². The van der Waals surface area contributed by atoms with Crippen LogP contribution in [-0.4, -0.2) is 48.8 Å². The van der Waals surface area contributed by atoms with E-state index in [0.29, 0.717) is 19.6 Å². The molecule has 0 atom stereocenters. The van der Waals surface area contributed by atoms with Crippen LogP contribution in [0.5, 0.6) is 11.5 Å². The summed E-state index contributed by atoms with van der Waals surface area (Å²) >= 11 is 0. The molecular weight excluding hydrogens is 266 g/mol. The zero-order valence-electron chi connectivity index (χ0n) is 11.1. The van der Waals surface area contributed by atoms with Crippen LogP contribution in [0.3, 0.4) is 0 Å². The Hall–Kier alpha value is -2.19. The van der Waals surface area contributed by atoms with Crippen molar-refractivity contribution in [2.45, 2.75) is 6.42 Å². The molecule has 1 rings (SSSR count). The summed E-state index contributed by atoms with van der Waals surface area (Å²) in [4.78, 5) is 26.4. The highest BCUT2D eigenvalue weighted by molar-refractivity contribution is 6.05. The molecule has 110 valence electrons. The highest BCUT2D eigenvalue weighted by Crippen LogP contribution is 2.28. The van der Waals surface area contributed by atoms with Gasteiger partial charge in [0.1, 0.15) is 0 Å². The van der Waals surface area contributed by atoms with Gasteiger partial charge in [0, 0.05) is 32.4 Å². The number of hydrogen-bond acceptors (Lipinski definition) is 7. The Morgan fingerprint density at radius 1 is 1.45 bits per heavy atom. The molecule has 0 saturated heterocycles. The van der Waals surface area contributed by atoms with E-state index in [0.717, 1.165) is 0 Å². The molecule has 0 aliphatic rings. The number of carbonyl (C=O) groups excluding carboxylic acids is 2. The maximum Gasteiger partial charge on any atom is 0.280 e. The smallest absolute Gasteiger partial charge is 0.280 e. The lowest BCUT2D eigenvalue weighted by Crippen LogP contribution is -2.35. The molecule has 0 aliphatic heterocycles. The van der Waals surface area contributed by atoms with Crippen molar-refractivity contribution in [2.24, 2.45) is 5.73 Å². The molecule has 1 aromatic rings. The number of imide groups is 1. The summed E-state index contributed by atoms with van der Waals surface area (Å²) in [6.45, 7) is 0.498. The summed E-state index contributed by atoms with van der Waals surface area (Å²) in [6.07, 6.45) is 1.93. The molecule has 1 heterocycles. The number of rotatable bonds is 7. The maximum atomic E-state index is 11.7. The summed E-state index contributed by atoms with van der Waals surface area (Å²) in [5.74, 6) is -1.81. The number of nitrogens with two attached hydrogens (primary N) is 1. The Bertz CT molecular complexity index is 478. The fourth-order valence-electron chi connectivity index (χ4n) is 1.34. The van der Waals surface area contributed by atoms with Crippen molar-refractivity contribution in [2.75, 3.05) is 26.9 Å². The van der Waals surface area contributed by atoms with Gasteiger partial charge in [-0.3, -0.25) is 14.9 Å². The molecule has 0 bridgehead atoms. The molecule has 2 amide bonds. The molecule has 0 radical (unpaired) electrons. The number of pyridine rings is 1. The lowest BCUT2D eigenvalue weighted by atomic mass is 10.3. The first-order valence-corrected chi connectivity index (χ1v) is 5.94. The third-order valence-electron chi connectivity index (χ3n) is 2.29. The summed E-state index contributed by atoms with van der Waals surface area (Å²) in [6, 6.07) is 1.42. The van der Waals surface area contributed by atoms with E-state index >= 15 is 0 Å². The van der Waals surface area contributed by atoms with E-state index in [9.17, 15) is 14.7 Å². The standard InChI is InChI=1S/C12H17N3O5/c1-19-5-2-6-20-8-3-4-14-10(11(8)17)12(18)15-9(16)7-13/h3-4,17H,2,5-7,13H2,1H3,(H,15,16,18). The number of ether oxygens (including phenoxy) is 2. The number of nitrogens with zero attached hydrogens (tertiary/aromatic N) is 1. The predicted molar refractivity (Wildman–Crippen MR) is 69.4 cm³/mol. The number of nitrogens with one attached hydrogen (secondary N) is 1. The van der Waals surface area contributed by atoms with Gasteiger partial charge in [0.05, 0.1) is 13.2 Å². The van der Waals surface area contributed by atoms with Crippen LogP contribution >= 0.6 is 0 Å². The average Bonchev–Trinajstić information content (AvgIpc) is 2.44. The zero-order valence-corrected chi connectivity index (χ0v) is 11.1. The molecule has 0 unspecified atom stereocenters. The van der Waals surface area contributed by atoms with E-state index in [2.05, 4.69) is 4.98 Å². The first kappa shape index (κ1) is 15.9. The van der Waals surface area contributed by atoms with Crippen LogP contribution in [0.2, 0.25) is 0 Å². The summed E-state index contributed by atoms with van der Waals surface area (Å²) in [7, 11) is 1.57. The fraction of sp³-hybridized carbons (Fsp3) is 0.417. The van der Waals surface area contributed by atoms with E-state index in [1.54, 1.807) is 7.11 Å². The molecule has 0 aromatic carbocycles. The SMILES string of the molecule is COCCCOc1ccnc(C(=O)NC(=O)CN)c1O. The molecule has 0 spiro atoms. The molecule has 0 saturated carbocycles. The number of hydrogen-bond donors (Lipinski definition) is 3. The second-order valence-electron chi connectivity index (χ2n) is 3.78. The lowest BCUT2D eigenvalue weighted by Gasteiger charge is -2.10. The molecule has 0 aliphatic carbocycles. The summed E-state index contributed by atoms with van der Waals surface area (Å²) in [5.41, 5.74) is 4.78. The zero-order chi connectivity index (χ0) is 15.0. The quantitative estimate of drug-likeness (QED) is 0.572. The number of aromatic hydroxyl groups is 1. The first-order chi connectivity index (χ1) is 9.60. The minimum atomic E-state index is -0.833. The Morgan fingerprint density at radius 3 is 2.85 bits per heavy atom. The molecule has 0 fully saturated rings. The second kappa shape index (κ2) is 8.08. The van der Waals surface area contributed by atoms with Crippen molar-refractivity contribution in [1.82, 2.24) is 10.3 Å².